The van der Waals surface area contributed by atoms with E-state index in [0.29, 0.717) is 5.65 Å². The number of imidazole rings is 1. The Bertz CT molecular complexity index is 844. The zero-order chi connectivity index (χ0) is 15.2. The molecule has 2 aromatic heterocycles. The fourth-order valence-corrected chi connectivity index (χ4v) is 2.97. The van der Waals surface area contributed by atoms with Crippen LogP contribution < -0.4 is 8.37 Å². The Hall–Kier alpha value is -2.00. The number of hydrogen-bond donors (Lipinski definition) is 0. The van der Waals surface area contributed by atoms with E-state index in [4.69, 9.17) is 24.7 Å². The zero-order valence-electron chi connectivity index (χ0n) is 10.7. The van der Waals surface area contributed by atoms with Crippen molar-refractivity contribution in [2.24, 2.45) is 0 Å². The molecular weight excluding hydrogens is 324 g/mol. The van der Waals surface area contributed by atoms with Crippen LogP contribution in [-0.4, -0.2) is 30.4 Å². The monoisotopic (exact) mass is 332 g/mol. The maximum atomic E-state index is 12.1. The Morgan fingerprint density at radius 3 is 2.86 bits per heavy atom. The van der Waals surface area contributed by atoms with E-state index in [-0.39, 0.29) is 35.5 Å². The summed E-state index contributed by atoms with van der Waals surface area (Å²) in [5, 5.41) is 0. The molecule has 112 valence electrons. The second-order valence-corrected chi connectivity index (χ2v) is 5.45. The van der Waals surface area contributed by atoms with E-state index in [1.54, 1.807) is 6.92 Å². The topological polar surface area (TPSA) is 96.2 Å². The lowest BCUT2D eigenvalue weighted by Crippen LogP contribution is -2.22. The molecule has 3 bridgehead atoms. The predicted molar refractivity (Wildman–Crippen MR) is 70.9 cm³/mol. The van der Waals surface area contributed by atoms with Crippen LogP contribution in [-0.2, 0) is 21.0 Å². The molecule has 0 amide bonds. The van der Waals surface area contributed by atoms with Gasteiger partial charge in [0.1, 0.15) is 11.3 Å². The molecule has 0 saturated carbocycles. The first-order chi connectivity index (χ1) is 9.96. The van der Waals surface area contributed by atoms with E-state index in [1.807, 2.05) is 0 Å². The Balaban J connectivity index is 2.41. The lowest BCUT2D eigenvalue weighted by molar-refractivity contribution is 0.0515. The minimum atomic E-state index is -4.40. The van der Waals surface area contributed by atoms with Crippen LogP contribution in [0.2, 0.25) is 0 Å². The number of hydrogen-bond acceptors (Lipinski definition) is 7. The van der Waals surface area contributed by atoms with Gasteiger partial charge >= 0.3 is 16.4 Å². The van der Waals surface area contributed by atoms with E-state index < -0.39 is 16.4 Å². The molecule has 0 radical (unpaired) electrons. The van der Waals surface area contributed by atoms with Crippen LogP contribution in [0.5, 0.6) is 11.6 Å². The Labute approximate surface area is 124 Å². The van der Waals surface area contributed by atoms with Gasteiger partial charge in [0.25, 0.3) is 5.88 Å². The van der Waals surface area contributed by atoms with Gasteiger partial charge in [-0.3, -0.25) is 4.40 Å². The van der Waals surface area contributed by atoms with E-state index in [1.165, 1.54) is 16.5 Å². The maximum absolute atomic E-state index is 12.1. The summed E-state index contributed by atoms with van der Waals surface area (Å²) in [6.45, 7) is 1.75. The number of esters is 1. The third-order valence-electron chi connectivity index (χ3n) is 2.77. The van der Waals surface area contributed by atoms with Crippen LogP contribution in [0.4, 0.5) is 0 Å². The first-order valence-electron chi connectivity index (χ1n) is 5.88. The number of carbonyl (C=O) groups is 1. The second kappa shape index (κ2) is 4.78. The van der Waals surface area contributed by atoms with Crippen LogP contribution in [0.25, 0.3) is 5.65 Å². The summed E-state index contributed by atoms with van der Waals surface area (Å²) in [6, 6.07) is 2.80. The molecule has 0 unspecified atom stereocenters. The van der Waals surface area contributed by atoms with E-state index in [2.05, 4.69) is 4.98 Å². The van der Waals surface area contributed by atoms with Crippen LogP contribution >= 0.6 is 11.6 Å². The molecular formula is C11H9ClN2O6S. The van der Waals surface area contributed by atoms with Gasteiger partial charge in [0.05, 0.1) is 12.5 Å². The SMILES string of the molecule is CCOC(=O)c1c2ccc3nc(c(CCl)n13)OS(=O)(=O)O2. The molecule has 0 aromatic carbocycles. The minimum absolute atomic E-state index is 0.101. The summed E-state index contributed by atoms with van der Waals surface area (Å²) in [5.74, 6) is -1.30. The summed E-state index contributed by atoms with van der Waals surface area (Å²) in [5.41, 5.74) is 0.423. The number of halogens is 1. The van der Waals surface area contributed by atoms with Crippen molar-refractivity contribution in [2.45, 2.75) is 12.8 Å². The molecule has 0 N–H and O–H groups in total. The van der Waals surface area contributed by atoms with Crippen LogP contribution in [0.3, 0.4) is 0 Å². The molecule has 0 aliphatic carbocycles. The van der Waals surface area contributed by atoms with E-state index in [0.717, 1.165) is 0 Å². The van der Waals surface area contributed by atoms with Crippen molar-refractivity contribution in [1.29, 1.82) is 0 Å². The number of pyridine rings is 1. The number of carbonyl (C=O) groups excluding carboxylic acids is 1. The van der Waals surface area contributed by atoms with Gasteiger partial charge in [0.15, 0.2) is 11.4 Å². The standard InChI is InChI=1S/C11H9ClN2O6S/c1-2-18-11(15)9-7-3-4-8-13-10(6(5-12)14(8)9)20-21(16,17)19-7/h3-4H,2,5H2,1H3. The van der Waals surface area contributed by atoms with E-state index in [9.17, 15) is 13.2 Å². The van der Waals surface area contributed by atoms with Crippen LogP contribution in [0, 0.1) is 0 Å². The largest absolute Gasteiger partial charge is 0.502 e. The third-order valence-corrected chi connectivity index (χ3v) is 3.77. The molecule has 21 heavy (non-hydrogen) atoms. The van der Waals surface area contributed by atoms with Crippen molar-refractivity contribution in [3.63, 3.8) is 0 Å². The number of aromatic nitrogens is 2. The summed E-state index contributed by atoms with van der Waals surface area (Å²) >= 11 is 5.83. The minimum Gasteiger partial charge on any atom is -0.461 e. The molecule has 3 rings (SSSR count). The van der Waals surface area contributed by atoms with Crippen molar-refractivity contribution in [1.82, 2.24) is 9.38 Å². The van der Waals surface area contributed by atoms with Crippen molar-refractivity contribution in [3.8, 4) is 11.6 Å². The Morgan fingerprint density at radius 1 is 1.43 bits per heavy atom. The van der Waals surface area contributed by atoms with Crippen LogP contribution in [0.15, 0.2) is 12.1 Å². The molecule has 2 aromatic rings. The number of ether oxygens (including phenoxy) is 1. The lowest BCUT2D eigenvalue weighted by atomic mass is 10.3. The summed E-state index contributed by atoms with van der Waals surface area (Å²) in [7, 11) is -4.40. The predicted octanol–water partition coefficient (Wildman–Crippen LogP) is 1.27. The lowest BCUT2D eigenvalue weighted by Gasteiger charge is -2.15. The highest BCUT2D eigenvalue weighted by atomic mass is 35.5. The normalized spacial score (nSPS) is 15.3. The summed E-state index contributed by atoms with van der Waals surface area (Å²) < 4.78 is 39.3. The zero-order valence-corrected chi connectivity index (χ0v) is 12.3. The van der Waals surface area contributed by atoms with Crippen molar-refractivity contribution >= 4 is 33.6 Å². The maximum Gasteiger partial charge on any atom is 0.502 e. The van der Waals surface area contributed by atoms with Crippen molar-refractivity contribution in [3.05, 3.63) is 23.5 Å². The Kier molecular flexibility index (Phi) is 3.18. The molecule has 0 fully saturated rings. The first-order valence-corrected chi connectivity index (χ1v) is 7.75. The molecule has 3 heterocycles. The highest BCUT2D eigenvalue weighted by Crippen LogP contribution is 2.33. The third kappa shape index (κ3) is 2.18. The smallest absolute Gasteiger partial charge is 0.461 e. The fourth-order valence-electron chi connectivity index (χ4n) is 2.02. The fraction of sp³-hybridized carbons (Fsp3) is 0.273. The van der Waals surface area contributed by atoms with Gasteiger partial charge in [-0.2, -0.15) is 4.98 Å². The number of nitrogens with zero attached hydrogens (tertiary/aromatic N) is 2. The molecule has 0 atom stereocenters. The number of alkyl halides is 1. The average molecular weight is 333 g/mol. The highest BCUT2D eigenvalue weighted by molar-refractivity contribution is 7.82. The van der Waals surface area contributed by atoms with Gasteiger partial charge in [-0.15, -0.1) is 20.0 Å². The van der Waals surface area contributed by atoms with Crippen LogP contribution in [0.1, 0.15) is 23.1 Å². The number of fused-ring (bicyclic) bond motifs is 2. The highest BCUT2D eigenvalue weighted by Gasteiger charge is 2.32. The molecule has 10 heteroatoms. The molecule has 1 aliphatic rings. The molecule has 8 nitrogen and oxygen atoms in total. The van der Waals surface area contributed by atoms with Crippen molar-refractivity contribution in [2.75, 3.05) is 6.61 Å². The molecule has 1 aliphatic heterocycles. The van der Waals surface area contributed by atoms with E-state index >= 15 is 0 Å². The molecule has 0 spiro atoms. The van der Waals surface area contributed by atoms with Gasteiger partial charge in [0, 0.05) is 0 Å². The number of rotatable bonds is 3. The summed E-state index contributed by atoms with van der Waals surface area (Å²) in [4.78, 5) is 16.1. The quantitative estimate of drug-likeness (QED) is 0.616. The summed E-state index contributed by atoms with van der Waals surface area (Å²) in [6.07, 6.45) is 0. The van der Waals surface area contributed by atoms with Gasteiger partial charge in [-0.05, 0) is 19.1 Å². The molecule has 0 saturated heterocycles. The second-order valence-electron chi connectivity index (χ2n) is 4.03. The Morgan fingerprint density at radius 2 is 2.19 bits per heavy atom. The van der Waals surface area contributed by atoms with Crippen molar-refractivity contribution < 1.29 is 26.3 Å². The van der Waals surface area contributed by atoms with Gasteiger partial charge < -0.3 is 13.1 Å². The van der Waals surface area contributed by atoms with Gasteiger partial charge in [0.2, 0.25) is 0 Å². The van der Waals surface area contributed by atoms with Gasteiger partial charge in [-0.1, -0.05) is 0 Å². The average Bonchev–Trinajstić information content (AvgIpc) is 2.77. The van der Waals surface area contributed by atoms with Gasteiger partial charge in [-0.25, -0.2) is 4.79 Å². The first kappa shape index (κ1) is 14.0.